The third kappa shape index (κ3) is 3.95. The third-order valence-corrected chi connectivity index (χ3v) is 3.75. The van der Waals surface area contributed by atoms with Crippen molar-refractivity contribution in [2.75, 3.05) is 6.61 Å². The summed E-state index contributed by atoms with van der Waals surface area (Å²) in [6, 6.07) is 5.40. The van der Waals surface area contributed by atoms with Crippen LogP contribution in [-0.2, 0) is 17.9 Å². The number of H-pyrrole nitrogens is 1. The van der Waals surface area contributed by atoms with E-state index < -0.39 is 17.0 Å². The Morgan fingerprint density at radius 2 is 1.88 bits per heavy atom. The Hall–Kier alpha value is -2.91. The molecule has 0 amide bonds. The molecule has 130 valence electrons. The van der Waals surface area contributed by atoms with E-state index in [9.17, 15) is 14.4 Å². The van der Waals surface area contributed by atoms with Crippen molar-refractivity contribution in [3.05, 3.63) is 67.0 Å². The third-order valence-electron chi connectivity index (χ3n) is 3.75. The van der Waals surface area contributed by atoms with Gasteiger partial charge in [0, 0.05) is 11.1 Å². The summed E-state index contributed by atoms with van der Waals surface area (Å²) in [7, 11) is 0. The smallest absolute Gasteiger partial charge is 0.330 e. The van der Waals surface area contributed by atoms with Crippen molar-refractivity contribution in [1.82, 2.24) is 9.55 Å². The summed E-state index contributed by atoms with van der Waals surface area (Å²) in [5, 5.41) is 0. The molecule has 2 rings (SSSR count). The number of carbonyl (C=O) groups excluding carboxylic acids is 1. The lowest BCUT2D eigenvalue weighted by atomic mass is 9.99. The fourth-order valence-electron chi connectivity index (χ4n) is 2.76. The Labute approximate surface area is 145 Å². The van der Waals surface area contributed by atoms with E-state index >= 15 is 0 Å². The lowest BCUT2D eigenvalue weighted by Gasteiger charge is -2.15. The first-order valence-corrected chi connectivity index (χ1v) is 7.89. The topological polar surface area (TPSA) is 81.2 Å². The van der Waals surface area contributed by atoms with Crippen LogP contribution < -0.4 is 11.2 Å². The molecule has 0 aliphatic heterocycles. The number of benzene rings is 1. The molecule has 0 aliphatic rings. The number of rotatable bonds is 6. The van der Waals surface area contributed by atoms with Gasteiger partial charge in [-0.3, -0.25) is 19.1 Å². The van der Waals surface area contributed by atoms with Gasteiger partial charge < -0.3 is 4.74 Å². The molecule has 0 spiro atoms. The van der Waals surface area contributed by atoms with Crippen molar-refractivity contribution in [3.63, 3.8) is 0 Å². The predicted octanol–water partition coefficient (Wildman–Crippen LogP) is 1.55. The average Bonchev–Trinajstić information content (AvgIpc) is 2.55. The van der Waals surface area contributed by atoms with E-state index in [-0.39, 0.29) is 24.6 Å². The summed E-state index contributed by atoms with van der Waals surface area (Å²) < 4.78 is 6.34. The quantitative estimate of drug-likeness (QED) is 0.491. The molecule has 25 heavy (non-hydrogen) atoms. The summed E-state index contributed by atoms with van der Waals surface area (Å²) in [6.07, 6.45) is 5.45. The van der Waals surface area contributed by atoms with Crippen LogP contribution in [0.1, 0.15) is 39.7 Å². The highest BCUT2D eigenvalue weighted by Crippen LogP contribution is 2.15. The molecule has 0 unspecified atom stereocenters. The van der Waals surface area contributed by atoms with Crippen LogP contribution in [-0.4, -0.2) is 21.9 Å². The number of carbonyl (C=O) groups is 1. The fourth-order valence-corrected chi connectivity index (χ4v) is 2.76. The van der Waals surface area contributed by atoms with E-state index in [4.69, 9.17) is 11.2 Å². The van der Waals surface area contributed by atoms with Gasteiger partial charge in [-0.25, -0.2) is 4.79 Å². The molecule has 1 heterocycles. The Bertz CT molecular complexity index is 941. The summed E-state index contributed by atoms with van der Waals surface area (Å²) in [5.74, 6) is 1.91. The largest absolute Gasteiger partial charge is 0.348 e. The molecule has 0 fully saturated rings. The molecule has 0 bridgehead atoms. The highest BCUT2D eigenvalue weighted by molar-refractivity contribution is 6.09. The summed E-state index contributed by atoms with van der Waals surface area (Å²) in [5.41, 5.74) is 1.28. The first-order valence-electron chi connectivity index (χ1n) is 7.89. The van der Waals surface area contributed by atoms with Crippen LogP contribution >= 0.6 is 0 Å². The van der Waals surface area contributed by atoms with Crippen molar-refractivity contribution in [2.45, 2.75) is 33.9 Å². The van der Waals surface area contributed by atoms with Crippen LogP contribution in [0.4, 0.5) is 0 Å². The number of hydrogen-bond donors (Lipinski definition) is 1. The number of nitrogens with one attached hydrogen (secondary N) is 1. The lowest BCUT2D eigenvalue weighted by molar-refractivity contribution is 0.0894. The van der Waals surface area contributed by atoms with Crippen molar-refractivity contribution < 1.29 is 9.53 Å². The van der Waals surface area contributed by atoms with E-state index in [2.05, 4.69) is 10.9 Å². The molecule has 1 aromatic heterocycles. The van der Waals surface area contributed by atoms with Crippen molar-refractivity contribution in [1.29, 1.82) is 0 Å². The number of ketones is 1. The van der Waals surface area contributed by atoms with E-state index in [0.717, 1.165) is 15.7 Å². The van der Waals surface area contributed by atoms with Crippen molar-refractivity contribution in [2.24, 2.45) is 0 Å². The second-order valence-corrected chi connectivity index (χ2v) is 5.76. The normalized spacial score (nSPS) is 10.5. The standard InChI is InChI=1S/C19H20N2O4/c1-5-7-25-11-21-16(15(6-2)18(23)20-19(21)24)17(22)14-9-12(3)8-13(4)10-14/h1,8-10H,6-7,11H2,2-4H3,(H,20,23,24). The van der Waals surface area contributed by atoms with Gasteiger partial charge in [0.15, 0.2) is 0 Å². The highest BCUT2D eigenvalue weighted by Gasteiger charge is 2.22. The minimum absolute atomic E-state index is 0.00971. The van der Waals surface area contributed by atoms with Gasteiger partial charge in [0.25, 0.3) is 5.56 Å². The number of aromatic amines is 1. The monoisotopic (exact) mass is 340 g/mol. The number of nitrogens with zero attached hydrogens (tertiary/aromatic N) is 1. The molecule has 0 atom stereocenters. The zero-order valence-corrected chi connectivity index (χ0v) is 14.5. The first-order chi connectivity index (χ1) is 11.9. The Morgan fingerprint density at radius 1 is 1.24 bits per heavy atom. The van der Waals surface area contributed by atoms with E-state index in [1.54, 1.807) is 19.1 Å². The van der Waals surface area contributed by atoms with E-state index in [1.165, 1.54) is 0 Å². The molecular formula is C19H20N2O4. The molecule has 1 N–H and O–H groups in total. The minimum atomic E-state index is -0.702. The number of aryl methyl sites for hydroxylation is 2. The summed E-state index contributed by atoms with van der Waals surface area (Å²) in [4.78, 5) is 39.7. The van der Waals surface area contributed by atoms with Gasteiger partial charge in [-0.05, 0) is 32.4 Å². The highest BCUT2D eigenvalue weighted by atomic mass is 16.5. The molecule has 6 nitrogen and oxygen atoms in total. The van der Waals surface area contributed by atoms with Crippen LogP contribution in [0.2, 0.25) is 0 Å². The van der Waals surface area contributed by atoms with Gasteiger partial charge >= 0.3 is 5.69 Å². The van der Waals surface area contributed by atoms with E-state index in [1.807, 2.05) is 19.9 Å². The molecule has 6 heteroatoms. The maximum absolute atomic E-state index is 13.1. The second kappa shape index (κ2) is 7.77. The van der Waals surface area contributed by atoms with Gasteiger partial charge in [-0.15, -0.1) is 6.42 Å². The molecule has 0 aliphatic carbocycles. The zero-order valence-electron chi connectivity index (χ0n) is 14.5. The Morgan fingerprint density at radius 3 is 2.44 bits per heavy atom. The van der Waals surface area contributed by atoms with Gasteiger partial charge in [0.1, 0.15) is 19.0 Å². The van der Waals surface area contributed by atoms with Crippen LogP contribution in [0.3, 0.4) is 0 Å². The second-order valence-electron chi connectivity index (χ2n) is 5.76. The molecule has 1 aromatic carbocycles. The predicted molar refractivity (Wildman–Crippen MR) is 94.8 cm³/mol. The molecule has 0 radical (unpaired) electrons. The Balaban J connectivity index is 2.68. The van der Waals surface area contributed by atoms with Gasteiger partial charge in [-0.1, -0.05) is 30.0 Å². The van der Waals surface area contributed by atoms with Crippen LogP contribution in [0.25, 0.3) is 0 Å². The Kier molecular flexibility index (Phi) is 5.73. The maximum Gasteiger partial charge on any atom is 0.330 e. The van der Waals surface area contributed by atoms with Crippen LogP contribution in [0.5, 0.6) is 0 Å². The fraction of sp³-hybridized carbons (Fsp3) is 0.316. The number of terminal acetylenes is 1. The summed E-state index contributed by atoms with van der Waals surface area (Å²) >= 11 is 0. The van der Waals surface area contributed by atoms with Crippen molar-refractivity contribution >= 4 is 5.78 Å². The first kappa shape index (κ1) is 18.4. The SMILES string of the molecule is C#CCOCn1c(C(=O)c2cc(C)cc(C)c2)c(CC)c(=O)[nH]c1=O. The number of ether oxygens (including phenoxy) is 1. The van der Waals surface area contributed by atoms with Crippen LogP contribution in [0, 0.1) is 26.2 Å². The minimum Gasteiger partial charge on any atom is -0.348 e. The molecule has 2 aromatic rings. The lowest BCUT2D eigenvalue weighted by Crippen LogP contribution is -2.38. The maximum atomic E-state index is 13.1. The van der Waals surface area contributed by atoms with Crippen molar-refractivity contribution in [3.8, 4) is 12.3 Å². The van der Waals surface area contributed by atoms with Gasteiger partial charge in [0.2, 0.25) is 5.78 Å². The molecule has 0 saturated carbocycles. The van der Waals surface area contributed by atoms with Crippen LogP contribution in [0.15, 0.2) is 27.8 Å². The van der Waals surface area contributed by atoms with Gasteiger partial charge in [0.05, 0.1) is 0 Å². The summed E-state index contributed by atoms with van der Waals surface area (Å²) in [6.45, 7) is 5.29. The molecular weight excluding hydrogens is 320 g/mol. The zero-order chi connectivity index (χ0) is 18.6. The van der Waals surface area contributed by atoms with E-state index in [0.29, 0.717) is 12.0 Å². The number of hydrogen-bond acceptors (Lipinski definition) is 4. The molecule has 0 saturated heterocycles. The number of aromatic nitrogens is 2. The van der Waals surface area contributed by atoms with Gasteiger partial charge in [-0.2, -0.15) is 0 Å². The average molecular weight is 340 g/mol.